The summed E-state index contributed by atoms with van der Waals surface area (Å²) in [5.74, 6) is 0. The van der Waals surface area contributed by atoms with Crippen LogP contribution in [0.5, 0.6) is 0 Å². The maximum Gasteiger partial charge on any atom is 0.361 e. The summed E-state index contributed by atoms with van der Waals surface area (Å²) >= 11 is 6.34. The Morgan fingerprint density at radius 1 is 1.18 bits per heavy atom. The molecule has 15 heteroatoms. The lowest BCUT2D eigenvalue weighted by molar-refractivity contribution is -0.129. The van der Waals surface area contributed by atoms with E-state index in [4.69, 9.17) is 30.5 Å². The van der Waals surface area contributed by atoms with Crippen molar-refractivity contribution in [1.82, 2.24) is 14.8 Å². The molecule has 3 aromatic rings. The van der Waals surface area contributed by atoms with Gasteiger partial charge in [-0.15, -0.1) is 0 Å². The lowest BCUT2D eigenvalue weighted by atomic mass is 10.1. The molecule has 1 saturated heterocycles. The first-order chi connectivity index (χ1) is 18.9. The normalized spacial score (nSPS) is 22.6. The Kier molecular flexibility index (Phi) is 9.53. The van der Waals surface area contributed by atoms with Gasteiger partial charge in [0.2, 0.25) is 5.34 Å². The van der Waals surface area contributed by atoms with Crippen molar-refractivity contribution in [3.63, 3.8) is 0 Å². The molecule has 220 valence electrons. The standard InChI is InChI=1S/C25H34ClN4O9P/c1-14-5-7-16(8-6-14)15(2)28-18-9-20(26)29-23-17(18)10-27-30(23)24-22(32)21(31)19(39-24)11-38-25(12-36-3,13-37-4)40(33,34)35/h5-10,15,19,21-22,24,31-32H,11-13H2,1-4H3,(H,28,29)(H2,33,34,35)/t15-,19+,21+,22+,24+/m0/s1. The topological polar surface area (TPSA) is 178 Å². The monoisotopic (exact) mass is 600 g/mol. The van der Waals surface area contributed by atoms with Gasteiger partial charge in [-0.25, -0.2) is 9.67 Å². The maximum atomic E-state index is 12.2. The number of rotatable bonds is 12. The minimum Gasteiger partial charge on any atom is -0.387 e. The first kappa shape index (κ1) is 30.8. The lowest BCUT2D eigenvalue weighted by Crippen LogP contribution is -2.45. The second-order valence-corrected chi connectivity index (χ2v) is 12.1. The zero-order chi connectivity index (χ0) is 29.2. The molecule has 0 spiro atoms. The summed E-state index contributed by atoms with van der Waals surface area (Å²) in [7, 11) is -2.38. The summed E-state index contributed by atoms with van der Waals surface area (Å²) < 4.78 is 34.9. The number of hydrogen-bond donors (Lipinski definition) is 5. The number of anilines is 1. The van der Waals surface area contributed by atoms with Gasteiger partial charge >= 0.3 is 7.60 Å². The average Bonchev–Trinajstić information content (AvgIpc) is 3.43. The van der Waals surface area contributed by atoms with Gasteiger partial charge in [-0.05, 0) is 25.5 Å². The predicted molar refractivity (Wildman–Crippen MR) is 146 cm³/mol. The molecule has 5 N–H and O–H groups in total. The van der Waals surface area contributed by atoms with Crippen LogP contribution < -0.4 is 5.32 Å². The molecule has 5 atom stereocenters. The van der Waals surface area contributed by atoms with Gasteiger partial charge in [0.05, 0.1) is 37.1 Å². The molecule has 1 fully saturated rings. The molecule has 2 aromatic heterocycles. The molecule has 3 heterocycles. The van der Waals surface area contributed by atoms with Gasteiger partial charge in [0, 0.05) is 20.3 Å². The molecule has 0 saturated carbocycles. The van der Waals surface area contributed by atoms with E-state index in [-0.39, 0.29) is 11.2 Å². The Bertz CT molecular complexity index is 1350. The molecular formula is C25H34ClN4O9P. The second kappa shape index (κ2) is 12.4. The number of benzene rings is 1. The number of pyridine rings is 1. The molecule has 0 unspecified atom stereocenters. The Hall–Kier alpha value is -2.16. The Labute approximate surface area is 236 Å². The fourth-order valence-corrected chi connectivity index (χ4v) is 5.63. The van der Waals surface area contributed by atoms with E-state index >= 15 is 0 Å². The summed E-state index contributed by atoms with van der Waals surface area (Å²) in [5.41, 5.74) is 3.17. The third kappa shape index (κ3) is 6.19. The number of aryl methyl sites for hydroxylation is 1. The average molecular weight is 601 g/mol. The van der Waals surface area contributed by atoms with Crippen molar-refractivity contribution in [2.24, 2.45) is 0 Å². The number of aliphatic hydroxyl groups is 2. The molecule has 13 nitrogen and oxygen atoms in total. The number of aromatic nitrogens is 3. The first-order valence-electron chi connectivity index (χ1n) is 12.5. The minimum atomic E-state index is -4.90. The quantitative estimate of drug-likeness (QED) is 0.152. The summed E-state index contributed by atoms with van der Waals surface area (Å²) in [6.45, 7) is 2.57. The first-order valence-corrected chi connectivity index (χ1v) is 14.5. The van der Waals surface area contributed by atoms with Crippen molar-refractivity contribution in [2.75, 3.05) is 39.4 Å². The number of ether oxygens (including phenoxy) is 4. The molecular weight excluding hydrogens is 567 g/mol. The second-order valence-electron chi connectivity index (χ2n) is 9.81. The van der Waals surface area contributed by atoms with E-state index in [2.05, 4.69) is 15.4 Å². The lowest BCUT2D eigenvalue weighted by Gasteiger charge is -2.33. The van der Waals surface area contributed by atoms with Crippen molar-refractivity contribution in [3.05, 3.63) is 52.8 Å². The number of nitrogens with zero attached hydrogens (tertiary/aromatic N) is 3. The van der Waals surface area contributed by atoms with Crippen LogP contribution in [0.1, 0.15) is 30.3 Å². The van der Waals surface area contributed by atoms with E-state index in [1.165, 1.54) is 18.9 Å². The molecule has 0 radical (unpaired) electrons. The van der Waals surface area contributed by atoms with E-state index < -0.39 is 57.3 Å². The molecule has 1 aliphatic rings. The zero-order valence-corrected chi connectivity index (χ0v) is 24.1. The predicted octanol–water partition coefficient (Wildman–Crippen LogP) is 2.37. The van der Waals surface area contributed by atoms with Gasteiger partial charge in [0.15, 0.2) is 11.9 Å². The Morgan fingerprint density at radius 3 is 2.42 bits per heavy atom. The number of nitrogens with one attached hydrogen (secondary N) is 1. The maximum absolute atomic E-state index is 12.2. The fourth-order valence-electron chi connectivity index (χ4n) is 4.60. The van der Waals surface area contributed by atoms with Crippen LogP contribution in [0.2, 0.25) is 5.15 Å². The summed E-state index contributed by atoms with van der Waals surface area (Å²) in [5, 5.41) is 28.0. The highest BCUT2D eigenvalue weighted by Crippen LogP contribution is 2.52. The van der Waals surface area contributed by atoms with Crippen LogP contribution in [-0.2, 0) is 23.5 Å². The number of hydrogen-bond acceptors (Lipinski definition) is 10. The van der Waals surface area contributed by atoms with Crippen LogP contribution in [0.4, 0.5) is 5.69 Å². The van der Waals surface area contributed by atoms with E-state index in [0.29, 0.717) is 16.7 Å². The van der Waals surface area contributed by atoms with Crippen molar-refractivity contribution in [3.8, 4) is 0 Å². The zero-order valence-electron chi connectivity index (χ0n) is 22.5. The summed E-state index contributed by atoms with van der Waals surface area (Å²) in [6, 6.07) is 9.71. The molecule has 4 rings (SSSR count). The SMILES string of the molecule is COCC(COC)(OC[C@H]1O[C@@H](n2ncc3c(N[C@@H](C)c4ccc(C)cc4)cc(Cl)nc32)[C@H](O)[C@@H]1O)P(=O)(O)O. The van der Waals surface area contributed by atoms with Crippen LogP contribution in [0, 0.1) is 6.92 Å². The van der Waals surface area contributed by atoms with Crippen molar-refractivity contribution in [2.45, 2.75) is 49.8 Å². The van der Waals surface area contributed by atoms with Crippen molar-refractivity contribution < 1.29 is 43.5 Å². The van der Waals surface area contributed by atoms with Gasteiger partial charge in [0.25, 0.3) is 0 Å². The van der Waals surface area contributed by atoms with Crippen LogP contribution in [-0.4, -0.2) is 92.5 Å². The number of halogens is 1. The third-order valence-corrected chi connectivity index (χ3v) is 8.49. The summed E-state index contributed by atoms with van der Waals surface area (Å²) in [4.78, 5) is 24.2. The van der Waals surface area contributed by atoms with Crippen molar-refractivity contribution in [1.29, 1.82) is 0 Å². The number of methoxy groups -OCH3 is 2. The van der Waals surface area contributed by atoms with Crippen LogP contribution >= 0.6 is 19.2 Å². The van der Waals surface area contributed by atoms with Gasteiger partial charge < -0.3 is 44.3 Å². The smallest absolute Gasteiger partial charge is 0.361 e. The van der Waals surface area contributed by atoms with E-state index in [0.717, 1.165) is 11.1 Å². The van der Waals surface area contributed by atoms with Crippen molar-refractivity contribution >= 4 is 35.9 Å². The highest BCUT2D eigenvalue weighted by molar-refractivity contribution is 7.53. The van der Waals surface area contributed by atoms with E-state index in [1.807, 2.05) is 38.1 Å². The van der Waals surface area contributed by atoms with Gasteiger partial charge in [-0.1, -0.05) is 41.4 Å². The molecule has 1 aliphatic heterocycles. The van der Waals surface area contributed by atoms with E-state index in [1.54, 1.807) is 12.3 Å². The molecule has 0 amide bonds. The third-order valence-electron chi connectivity index (χ3n) is 6.85. The minimum absolute atomic E-state index is 0.0734. The number of fused-ring (bicyclic) bond motifs is 1. The highest BCUT2D eigenvalue weighted by Gasteiger charge is 2.52. The van der Waals surface area contributed by atoms with Crippen LogP contribution in [0.15, 0.2) is 36.5 Å². The van der Waals surface area contributed by atoms with Crippen LogP contribution in [0.25, 0.3) is 11.0 Å². The molecule has 40 heavy (non-hydrogen) atoms. The van der Waals surface area contributed by atoms with E-state index in [9.17, 15) is 24.6 Å². The Morgan fingerprint density at radius 2 is 1.82 bits per heavy atom. The van der Waals surface area contributed by atoms with Gasteiger partial charge in [0.1, 0.15) is 23.5 Å². The highest BCUT2D eigenvalue weighted by atomic mass is 35.5. The fraction of sp³-hybridized carbons (Fsp3) is 0.520. The van der Waals surface area contributed by atoms with Crippen LogP contribution in [0.3, 0.4) is 0 Å². The largest absolute Gasteiger partial charge is 0.387 e. The summed E-state index contributed by atoms with van der Waals surface area (Å²) in [6.07, 6.45) is -3.75. The number of aliphatic hydroxyl groups excluding tert-OH is 2. The van der Waals surface area contributed by atoms with Gasteiger partial charge in [-0.3, -0.25) is 4.57 Å². The molecule has 0 bridgehead atoms. The molecule has 1 aromatic carbocycles. The molecule has 0 aliphatic carbocycles. The Balaban J connectivity index is 1.57. The van der Waals surface area contributed by atoms with Gasteiger partial charge in [-0.2, -0.15) is 5.10 Å².